The topological polar surface area (TPSA) is 168 Å². The summed E-state index contributed by atoms with van der Waals surface area (Å²) in [6.07, 6.45) is 1.82. The monoisotopic (exact) mass is 346 g/mol. The summed E-state index contributed by atoms with van der Waals surface area (Å²) in [4.78, 5) is 35.4. The molecule has 0 heterocycles. The molecular weight excluding hydrogens is 316 g/mol. The molecule has 0 saturated heterocycles. The van der Waals surface area contributed by atoms with E-state index in [0.717, 1.165) is 0 Å². The highest BCUT2D eigenvalue weighted by Gasteiger charge is 2.28. The van der Waals surface area contributed by atoms with E-state index in [0.29, 0.717) is 25.8 Å². The van der Waals surface area contributed by atoms with Gasteiger partial charge in [0, 0.05) is 0 Å². The fraction of sp³-hybridized carbons (Fsp3) is 0.800. The molecule has 8 N–H and O–H groups in total. The number of aliphatic hydroxyl groups is 1. The molecule has 0 rings (SSSR count). The van der Waals surface area contributed by atoms with Crippen molar-refractivity contribution >= 4 is 17.8 Å². The van der Waals surface area contributed by atoms with Crippen LogP contribution in [0.4, 0.5) is 0 Å². The van der Waals surface area contributed by atoms with Gasteiger partial charge in [-0.2, -0.15) is 0 Å². The van der Waals surface area contributed by atoms with Crippen LogP contribution in [0, 0.1) is 5.92 Å². The standard InChI is InChI=1S/C15H30N4O5/c1-9(2)7-12(19-13(21)10(17)8-20)14(22)18-11(15(23)24)5-3-4-6-16/h9-12,20H,3-8,16-17H2,1-2H3,(H,18,22)(H,19,21)(H,23,24). The van der Waals surface area contributed by atoms with Crippen molar-refractivity contribution < 1.29 is 24.6 Å². The first kappa shape index (κ1) is 22.3. The number of carboxylic acids is 1. The second-order valence-electron chi connectivity index (χ2n) is 6.16. The molecule has 9 nitrogen and oxygen atoms in total. The molecule has 2 amide bonds. The van der Waals surface area contributed by atoms with Gasteiger partial charge < -0.3 is 32.3 Å². The van der Waals surface area contributed by atoms with Crippen LogP contribution < -0.4 is 22.1 Å². The predicted molar refractivity (Wildman–Crippen MR) is 88.9 cm³/mol. The third-order valence-corrected chi connectivity index (χ3v) is 3.44. The molecule has 0 aromatic heterocycles. The molecule has 0 aromatic rings. The number of carbonyl (C=O) groups is 3. The summed E-state index contributed by atoms with van der Waals surface area (Å²) in [5.74, 6) is -2.29. The van der Waals surface area contributed by atoms with Crippen molar-refractivity contribution in [1.29, 1.82) is 0 Å². The van der Waals surface area contributed by atoms with Gasteiger partial charge in [0.25, 0.3) is 0 Å². The number of hydrogen-bond donors (Lipinski definition) is 6. The number of aliphatic hydroxyl groups excluding tert-OH is 1. The number of amides is 2. The number of unbranched alkanes of at least 4 members (excludes halogenated alkanes) is 1. The van der Waals surface area contributed by atoms with E-state index in [9.17, 15) is 19.5 Å². The zero-order valence-electron chi connectivity index (χ0n) is 14.3. The van der Waals surface area contributed by atoms with Gasteiger partial charge in [-0.3, -0.25) is 9.59 Å². The Balaban J connectivity index is 4.88. The highest BCUT2D eigenvalue weighted by molar-refractivity contribution is 5.91. The summed E-state index contributed by atoms with van der Waals surface area (Å²) in [5.41, 5.74) is 10.8. The predicted octanol–water partition coefficient (Wildman–Crippen LogP) is -1.46. The molecule has 0 radical (unpaired) electrons. The second kappa shape index (κ2) is 11.8. The minimum Gasteiger partial charge on any atom is -0.480 e. The van der Waals surface area contributed by atoms with Crippen molar-refractivity contribution in [2.75, 3.05) is 13.2 Å². The maximum Gasteiger partial charge on any atom is 0.326 e. The van der Waals surface area contributed by atoms with Crippen LogP contribution in [0.1, 0.15) is 39.5 Å². The zero-order valence-corrected chi connectivity index (χ0v) is 14.3. The normalized spacial score (nSPS) is 14.8. The molecule has 0 bridgehead atoms. The number of nitrogens with two attached hydrogens (primary N) is 2. The number of nitrogens with one attached hydrogen (secondary N) is 2. The zero-order chi connectivity index (χ0) is 18.7. The Labute approximate surface area is 142 Å². The molecule has 24 heavy (non-hydrogen) atoms. The van der Waals surface area contributed by atoms with Gasteiger partial charge in [0.1, 0.15) is 18.1 Å². The number of hydrogen-bond acceptors (Lipinski definition) is 6. The minimum atomic E-state index is -1.14. The van der Waals surface area contributed by atoms with E-state index in [1.54, 1.807) is 0 Å². The van der Waals surface area contributed by atoms with Crippen LogP contribution in [0.2, 0.25) is 0 Å². The van der Waals surface area contributed by atoms with Gasteiger partial charge in [-0.25, -0.2) is 4.79 Å². The Bertz CT molecular complexity index is 417. The highest BCUT2D eigenvalue weighted by Crippen LogP contribution is 2.07. The van der Waals surface area contributed by atoms with Crippen LogP contribution in [0.5, 0.6) is 0 Å². The van der Waals surface area contributed by atoms with Gasteiger partial charge in [0.2, 0.25) is 11.8 Å². The molecule has 0 spiro atoms. The second-order valence-corrected chi connectivity index (χ2v) is 6.16. The molecule has 0 saturated carbocycles. The van der Waals surface area contributed by atoms with Crippen molar-refractivity contribution in [1.82, 2.24) is 10.6 Å². The minimum absolute atomic E-state index is 0.0897. The SMILES string of the molecule is CC(C)CC(NC(=O)C(N)CO)C(=O)NC(CCCCN)C(=O)O. The van der Waals surface area contributed by atoms with Gasteiger partial charge in [-0.15, -0.1) is 0 Å². The largest absolute Gasteiger partial charge is 0.480 e. The molecule has 9 heteroatoms. The highest BCUT2D eigenvalue weighted by atomic mass is 16.4. The number of rotatable bonds is 12. The van der Waals surface area contributed by atoms with E-state index in [1.165, 1.54) is 0 Å². The molecule has 0 fully saturated rings. The Morgan fingerprint density at radius 2 is 1.62 bits per heavy atom. The van der Waals surface area contributed by atoms with Gasteiger partial charge >= 0.3 is 5.97 Å². The molecule has 0 aliphatic heterocycles. The number of carbonyl (C=O) groups excluding carboxylic acids is 2. The first-order valence-corrected chi connectivity index (χ1v) is 8.12. The third-order valence-electron chi connectivity index (χ3n) is 3.44. The first-order chi connectivity index (χ1) is 11.2. The summed E-state index contributed by atoms with van der Waals surface area (Å²) >= 11 is 0. The summed E-state index contributed by atoms with van der Waals surface area (Å²) in [6, 6.07) is -3.08. The van der Waals surface area contributed by atoms with Crippen molar-refractivity contribution in [3.8, 4) is 0 Å². The molecule has 0 aromatic carbocycles. The molecular formula is C15H30N4O5. The summed E-state index contributed by atoms with van der Waals surface area (Å²) in [6.45, 7) is 3.65. The van der Waals surface area contributed by atoms with Crippen molar-refractivity contribution in [2.24, 2.45) is 17.4 Å². The molecule has 0 aliphatic rings. The Kier molecular flexibility index (Phi) is 10.9. The lowest BCUT2D eigenvalue weighted by atomic mass is 10.0. The molecule has 3 atom stereocenters. The van der Waals surface area contributed by atoms with Crippen LogP contribution in [-0.2, 0) is 14.4 Å². The average molecular weight is 346 g/mol. The quantitative estimate of drug-likeness (QED) is 0.235. The summed E-state index contributed by atoms with van der Waals surface area (Å²) in [7, 11) is 0. The Morgan fingerprint density at radius 3 is 2.08 bits per heavy atom. The maximum atomic E-state index is 12.4. The molecule has 0 aliphatic carbocycles. The van der Waals surface area contributed by atoms with Crippen molar-refractivity contribution in [3.63, 3.8) is 0 Å². The van der Waals surface area contributed by atoms with E-state index in [2.05, 4.69) is 10.6 Å². The lowest BCUT2D eigenvalue weighted by Gasteiger charge is -2.23. The first-order valence-electron chi connectivity index (χ1n) is 8.12. The van der Waals surface area contributed by atoms with Crippen LogP contribution in [0.3, 0.4) is 0 Å². The van der Waals surface area contributed by atoms with E-state index < -0.39 is 42.5 Å². The third kappa shape index (κ3) is 8.80. The number of aliphatic carboxylic acids is 1. The Hall–Kier alpha value is -1.71. The van der Waals surface area contributed by atoms with Gasteiger partial charge in [0.15, 0.2) is 0 Å². The van der Waals surface area contributed by atoms with E-state index in [1.807, 2.05) is 13.8 Å². The van der Waals surface area contributed by atoms with Crippen LogP contribution in [0.25, 0.3) is 0 Å². The van der Waals surface area contributed by atoms with E-state index in [-0.39, 0.29) is 12.3 Å². The fourth-order valence-corrected chi connectivity index (χ4v) is 2.09. The average Bonchev–Trinajstić information content (AvgIpc) is 2.51. The number of carboxylic acid groups (broad SMARTS) is 1. The van der Waals surface area contributed by atoms with Gasteiger partial charge in [-0.05, 0) is 38.1 Å². The lowest BCUT2D eigenvalue weighted by Crippen LogP contribution is -2.55. The van der Waals surface area contributed by atoms with Crippen LogP contribution >= 0.6 is 0 Å². The fourth-order valence-electron chi connectivity index (χ4n) is 2.09. The van der Waals surface area contributed by atoms with E-state index in [4.69, 9.17) is 16.6 Å². The van der Waals surface area contributed by atoms with Crippen LogP contribution in [-0.4, -0.2) is 59.3 Å². The smallest absolute Gasteiger partial charge is 0.326 e. The molecule has 140 valence electrons. The summed E-state index contributed by atoms with van der Waals surface area (Å²) < 4.78 is 0. The van der Waals surface area contributed by atoms with Crippen molar-refractivity contribution in [2.45, 2.75) is 57.7 Å². The maximum absolute atomic E-state index is 12.4. The van der Waals surface area contributed by atoms with Gasteiger partial charge in [-0.1, -0.05) is 13.8 Å². The Morgan fingerprint density at radius 1 is 1.04 bits per heavy atom. The lowest BCUT2D eigenvalue weighted by molar-refractivity contribution is -0.142. The van der Waals surface area contributed by atoms with E-state index >= 15 is 0 Å². The van der Waals surface area contributed by atoms with Crippen LogP contribution in [0.15, 0.2) is 0 Å². The summed E-state index contributed by atoms with van der Waals surface area (Å²) in [5, 5.41) is 23.0. The molecule has 3 unspecified atom stereocenters. The van der Waals surface area contributed by atoms with Gasteiger partial charge in [0.05, 0.1) is 6.61 Å². The van der Waals surface area contributed by atoms with Crippen molar-refractivity contribution in [3.05, 3.63) is 0 Å².